The minimum absolute atomic E-state index is 0.0433. The molecule has 0 saturated heterocycles. The van der Waals surface area contributed by atoms with Gasteiger partial charge in [-0.3, -0.25) is 9.59 Å². The summed E-state index contributed by atoms with van der Waals surface area (Å²) < 4.78 is 10.8. The third-order valence-corrected chi connectivity index (χ3v) is 6.36. The molecule has 1 N–H and O–H groups in total. The van der Waals surface area contributed by atoms with Crippen LogP contribution in [-0.2, 0) is 23.9 Å². The molecule has 6 heteroatoms. The van der Waals surface area contributed by atoms with Gasteiger partial charge in [-0.25, -0.2) is 0 Å². The molecule has 0 radical (unpaired) electrons. The number of hydrogen-bond donors (Lipinski definition) is 1. The second kappa shape index (κ2) is 27.7. The monoisotopic (exact) mass is 508 g/mol. The maximum atomic E-state index is 12.2. The van der Waals surface area contributed by atoms with Crippen molar-refractivity contribution >= 4 is 18.2 Å². The Morgan fingerprint density at radius 2 is 1.25 bits per heavy atom. The SMILES string of the molecule is C#CCCC(CCCCCCCCO)OC(=O)CCC(=O)OCCCCCCCCCCCCC=O. The number of aliphatic hydroxyl groups excluding tert-OH is 1. The summed E-state index contributed by atoms with van der Waals surface area (Å²) in [5, 5.41) is 8.81. The molecule has 6 nitrogen and oxygen atoms in total. The van der Waals surface area contributed by atoms with E-state index in [4.69, 9.17) is 21.0 Å². The van der Waals surface area contributed by atoms with Gasteiger partial charge < -0.3 is 19.4 Å². The molecule has 0 saturated carbocycles. The van der Waals surface area contributed by atoms with E-state index in [0.717, 1.165) is 83.3 Å². The summed E-state index contributed by atoms with van der Waals surface area (Å²) in [5.74, 6) is 1.90. The first-order chi connectivity index (χ1) is 17.6. The quantitative estimate of drug-likeness (QED) is 0.0565. The molecule has 0 aliphatic carbocycles. The number of rotatable bonds is 27. The van der Waals surface area contributed by atoms with Gasteiger partial charge in [-0.15, -0.1) is 12.3 Å². The van der Waals surface area contributed by atoms with Crippen LogP contribution in [0.4, 0.5) is 0 Å². The Hall–Kier alpha value is -1.87. The second-order valence-electron chi connectivity index (χ2n) is 9.70. The molecule has 0 spiro atoms. The first-order valence-corrected chi connectivity index (χ1v) is 14.5. The molecule has 0 heterocycles. The van der Waals surface area contributed by atoms with Gasteiger partial charge in [0.25, 0.3) is 0 Å². The zero-order chi connectivity index (χ0) is 26.5. The standard InChI is InChI=1S/C30H52O6/c1-2-3-21-28(22-17-13-9-11-15-19-26-32)36-30(34)24-23-29(33)35-27-20-16-12-8-6-4-5-7-10-14-18-25-31/h1,25,28,32H,3-24,26-27H2. The van der Waals surface area contributed by atoms with E-state index in [1.54, 1.807) is 0 Å². The molecule has 36 heavy (non-hydrogen) atoms. The van der Waals surface area contributed by atoms with Crippen LogP contribution in [0.15, 0.2) is 0 Å². The molecule has 0 aliphatic rings. The van der Waals surface area contributed by atoms with Crippen molar-refractivity contribution in [3.8, 4) is 12.3 Å². The number of carbonyl (C=O) groups excluding carboxylic acids is 3. The van der Waals surface area contributed by atoms with Gasteiger partial charge >= 0.3 is 11.9 Å². The van der Waals surface area contributed by atoms with E-state index in [1.807, 2.05) is 0 Å². The summed E-state index contributed by atoms with van der Waals surface area (Å²) in [4.78, 5) is 34.4. The summed E-state index contributed by atoms with van der Waals surface area (Å²) in [6.07, 6.45) is 26.6. The van der Waals surface area contributed by atoms with Crippen molar-refractivity contribution in [2.24, 2.45) is 0 Å². The molecule has 0 aliphatic heterocycles. The molecule has 0 aromatic rings. The normalized spacial score (nSPS) is 11.6. The van der Waals surface area contributed by atoms with Crippen LogP contribution in [0.2, 0.25) is 0 Å². The fraction of sp³-hybridized carbons (Fsp3) is 0.833. The molecule has 208 valence electrons. The lowest BCUT2D eigenvalue weighted by Crippen LogP contribution is -2.19. The highest BCUT2D eigenvalue weighted by molar-refractivity contribution is 5.77. The number of ether oxygens (including phenoxy) is 2. The van der Waals surface area contributed by atoms with E-state index in [-0.39, 0.29) is 37.5 Å². The highest BCUT2D eigenvalue weighted by Crippen LogP contribution is 2.15. The number of terminal acetylenes is 1. The van der Waals surface area contributed by atoms with Gasteiger partial charge in [-0.2, -0.15) is 0 Å². The molecule has 0 rings (SSSR count). The Kier molecular flexibility index (Phi) is 26.3. The van der Waals surface area contributed by atoms with Gasteiger partial charge in [0, 0.05) is 19.4 Å². The van der Waals surface area contributed by atoms with Crippen LogP contribution in [0.3, 0.4) is 0 Å². The number of carbonyl (C=O) groups is 3. The summed E-state index contributed by atoms with van der Waals surface area (Å²) in [6.45, 7) is 0.665. The minimum atomic E-state index is -0.361. The predicted molar refractivity (Wildman–Crippen MR) is 144 cm³/mol. The van der Waals surface area contributed by atoms with E-state index in [2.05, 4.69) is 5.92 Å². The molecule has 0 amide bonds. The van der Waals surface area contributed by atoms with Crippen LogP contribution >= 0.6 is 0 Å². The molecule has 0 aromatic heterocycles. The fourth-order valence-corrected chi connectivity index (χ4v) is 4.15. The van der Waals surface area contributed by atoms with Crippen molar-refractivity contribution in [1.82, 2.24) is 0 Å². The van der Waals surface area contributed by atoms with Gasteiger partial charge in [-0.1, -0.05) is 77.0 Å². The zero-order valence-corrected chi connectivity index (χ0v) is 22.7. The van der Waals surface area contributed by atoms with E-state index in [0.29, 0.717) is 25.9 Å². The number of aliphatic hydroxyl groups is 1. The summed E-state index contributed by atoms with van der Waals surface area (Å²) >= 11 is 0. The number of hydrogen-bond acceptors (Lipinski definition) is 6. The molecular weight excluding hydrogens is 456 g/mol. The highest BCUT2D eigenvalue weighted by atomic mass is 16.5. The highest BCUT2D eigenvalue weighted by Gasteiger charge is 2.15. The van der Waals surface area contributed by atoms with Crippen molar-refractivity contribution in [2.75, 3.05) is 13.2 Å². The molecule has 0 fully saturated rings. The number of aldehydes is 1. The van der Waals surface area contributed by atoms with E-state index < -0.39 is 0 Å². The van der Waals surface area contributed by atoms with Crippen LogP contribution in [0.5, 0.6) is 0 Å². The molecule has 0 aromatic carbocycles. The van der Waals surface area contributed by atoms with Crippen molar-refractivity contribution in [3.05, 3.63) is 0 Å². The van der Waals surface area contributed by atoms with E-state index >= 15 is 0 Å². The molecule has 1 atom stereocenters. The van der Waals surface area contributed by atoms with E-state index in [9.17, 15) is 14.4 Å². The van der Waals surface area contributed by atoms with Gasteiger partial charge in [0.15, 0.2) is 0 Å². The average molecular weight is 509 g/mol. The van der Waals surface area contributed by atoms with Crippen molar-refractivity contribution in [3.63, 3.8) is 0 Å². The van der Waals surface area contributed by atoms with Gasteiger partial charge in [0.1, 0.15) is 12.4 Å². The molecular formula is C30H52O6. The molecule has 1 unspecified atom stereocenters. The molecule has 0 bridgehead atoms. The smallest absolute Gasteiger partial charge is 0.306 e. The maximum Gasteiger partial charge on any atom is 0.306 e. The first kappa shape index (κ1) is 34.1. The van der Waals surface area contributed by atoms with Crippen molar-refractivity contribution < 1.29 is 29.0 Å². The third-order valence-electron chi connectivity index (χ3n) is 6.36. The summed E-state index contributed by atoms with van der Waals surface area (Å²) in [6, 6.07) is 0. The largest absolute Gasteiger partial charge is 0.466 e. The fourth-order valence-electron chi connectivity index (χ4n) is 4.15. The van der Waals surface area contributed by atoms with Crippen molar-refractivity contribution in [2.45, 2.75) is 147 Å². The van der Waals surface area contributed by atoms with Crippen LogP contribution in [-0.4, -0.2) is 42.6 Å². The lowest BCUT2D eigenvalue weighted by atomic mass is 10.0. The maximum absolute atomic E-state index is 12.2. The average Bonchev–Trinajstić information content (AvgIpc) is 2.88. The van der Waals surface area contributed by atoms with Crippen LogP contribution in [0.25, 0.3) is 0 Å². The lowest BCUT2D eigenvalue weighted by Gasteiger charge is -2.17. The zero-order valence-electron chi connectivity index (χ0n) is 22.7. The van der Waals surface area contributed by atoms with Gasteiger partial charge in [-0.05, 0) is 38.5 Å². The Morgan fingerprint density at radius 3 is 1.83 bits per heavy atom. The Labute approximate surface area is 220 Å². The van der Waals surface area contributed by atoms with Crippen LogP contribution < -0.4 is 0 Å². The minimum Gasteiger partial charge on any atom is -0.466 e. The Morgan fingerprint density at radius 1 is 0.722 bits per heavy atom. The summed E-state index contributed by atoms with van der Waals surface area (Å²) in [5.41, 5.74) is 0. The third kappa shape index (κ3) is 25.2. The number of esters is 2. The van der Waals surface area contributed by atoms with E-state index in [1.165, 1.54) is 32.1 Å². The Balaban J connectivity index is 3.73. The first-order valence-electron chi connectivity index (χ1n) is 14.5. The lowest BCUT2D eigenvalue weighted by molar-refractivity contribution is -0.154. The van der Waals surface area contributed by atoms with Crippen LogP contribution in [0.1, 0.15) is 141 Å². The van der Waals surface area contributed by atoms with Crippen LogP contribution in [0, 0.1) is 12.3 Å². The number of unbranched alkanes of at least 4 members (excludes halogenated alkanes) is 15. The Bertz CT molecular complexity index is 568. The van der Waals surface area contributed by atoms with Crippen molar-refractivity contribution in [1.29, 1.82) is 0 Å². The summed E-state index contributed by atoms with van der Waals surface area (Å²) in [7, 11) is 0. The van der Waals surface area contributed by atoms with Gasteiger partial charge in [0.2, 0.25) is 0 Å². The topological polar surface area (TPSA) is 89.9 Å². The van der Waals surface area contributed by atoms with Gasteiger partial charge in [0.05, 0.1) is 19.4 Å². The predicted octanol–water partition coefficient (Wildman–Crippen LogP) is 6.85. The second-order valence-corrected chi connectivity index (χ2v) is 9.70.